The summed E-state index contributed by atoms with van der Waals surface area (Å²) >= 11 is 0. The Balaban J connectivity index is 1.47. The third-order valence-electron chi connectivity index (χ3n) is 4.56. The lowest BCUT2D eigenvalue weighted by Crippen LogP contribution is -2.20. The maximum atomic E-state index is 12.3. The number of para-hydroxylation sites is 2. The lowest BCUT2D eigenvalue weighted by molar-refractivity contribution is -0.118. The minimum absolute atomic E-state index is 0.0983. The Morgan fingerprint density at radius 2 is 1.76 bits per heavy atom. The van der Waals surface area contributed by atoms with Gasteiger partial charge in [-0.15, -0.1) is 0 Å². The van der Waals surface area contributed by atoms with Gasteiger partial charge in [-0.2, -0.15) is 0 Å². The van der Waals surface area contributed by atoms with Crippen molar-refractivity contribution in [2.45, 2.75) is 6.92 Å². The van der Waals surface area contributed by atoms with Crippen LogP contribution in [0.2, 0.25) is 0 Å². The first kappa shape index (κ1) is 18.6. The summed E-state index contributed by atoms with van der Waals surface area (Å²) in [5, 5.41) is 2.89. The number of benzene rings is 3. The van der Waals surface area contributed by atoms with Gasteiger partial charge in [0.15, 0.2) is 12.2 Å². The van der Waals surface area contributed by atoms with E-state index < -0.39 is 0 Å². The van der Waals surface area contributed by atoms with Crippen LogP contribution in [-0.2, 0) is 4.79 Å². The number of nitrogens with one attached hydrogen (secondary N) is 1. The molecule has 0 aliphatic rings. The number of amides is 1. The molecule has 0 aliphatic carbocycles. The number of rotatable bonds is 6. The molecule has 0 unspecified atom stereocenters. The van der Waals surface area contributed by atoms with Crippen molar-refractivity contribution in [2.24, 2.45) is 0 Å². The number of nitrogens with zero attached hydrogens (tertiary/aromatic N) is 1. The molecule has 1 N–H and O–H groups in total. The van der Waals surface area contributed by atoms with Crippen LogP contribution in [0, 0.1) is 6.92 Å². The van der Waals surface area contributed by atoms with Crippen molar-refractivity contribution in [2.75, 3.05) is 19.0 Å². The van der Waals surface area contributed by atoms with Crippen molar-refractivity contribution in [1.82, 2.24) is 4.98 Å². The molecule has 4 rings (SSSR count). The SMILES string of the molecule is COc1ccc(OCC(=O)Nc2cccc(-c3nc4ccccc4o3)c2C)cc1. The smallest absolute Gasteiger partial charge is 0.262 e. The normalized spacial score (nSPS) is 10.7. The average Bonchev–Trinajstić information content (AvgIpc) is 3.18. The van der Waals surface area contributed by atoms with E-state index in [0.717, 1.165) is 28.0 Å². The van der Waals surface area contributed by atoms with Gasteiger partial charge in [0, 0.05) is 11.3 Å². The van der Waals surface area contributed by atoms with Gasteiger partial charge in [-0.1, -0.05) is 18.2 Å². The maximum absolute atomic E-state index is 12.3. The van der Waals surface area contributed by atoms with Gasteiger partial charge >= 0.3 is 0 Å². The number of methoxy groups -OCH3 is 1. The van der Waals surface area contributed by atoms with E-state index in [9.17, 15) is 4.79 Å². The molecule has 1 aromatic heterocycles. The van der Waals surface area contributed by atoms with E-state index in [1.54, 1.807) is 31.4 Å². The molecule has 1 amide bonds. The molecule has 0 bridgehead atoms. The Bertz CT molecular complexity index is 1120. The van der Waals surface area contributed by atoms with Gasteiger partial charge in [0.1, 0.15) is 17.0 Å². The first-order valence-electron chi connectivity index (χ1n) is 9.16. The molecule has 29 heavy (non-hydrogen) atoms. The van der Waals surface area contributed by atoms with Crippen LogP contribution in [0.15, 0.2) is 71.1 Å². The van der Waals surface area contributed by atoms with Gasteiger partial charge in [0.25, 0.3) is 5.91 Å². The molecule has 0 fully saturated rings. The van der Waals surface area contributed by atoms with Gasteiger partial charge < -0.3 is 19.2 Å². The molecule has 3 aromatic carbocycles. The van der Waals surface area contributed by atoms with Crippen molar-refractivity contribution in [3.63, 3.8) is 0 Å². The fourth-order valence-electron chi connectivity index (χ4n) is 3.00. The second kappa shape index (κ2) is 8.06. The molecule has 0 radical (unpaired) electrons. The van der Waals surface area contributed by atoms with E-state index in [1.807, 2.05) is 49.4 Å². The average molecular weight is 388 g/mol. The van der Waals surface area contributed by atoms with Gasteiger partial charge in [0.05, 0.1) is 7.11 Å². The third kappa shape index (κ3) is 4.06. The zero-order valence-corrected chi connectivity index (χ0v) is 16.1. The van der Waals surface area contributed by atoms with Crippen molar-refractivity contribution >= 4 is 22.7 Å². The number of oxazole rings is 1. The minimum Gasteiger partial charge on any atom is -0.497 e. The molecular formula is C23H20N2O4. The predicted molar refractivity (Wildman–Crippen MR) is 111 cm³/mol. The van der Waals surface area contributed by atoms with Crippen molar-refractivity contribution in [3.8, 4) is 23.0 Å². The highest BCUT2D eigenvalue weighted by molar-refractivity contribution is 5.93. The summed E-state index contributed by atoms with van der Waals surface area (Å²) in [6, 6.07) is 20.3. The lowest BCUT2D eigenvalue weighted by Gasteiger charge is -2.12. The molecule has 0 saturated carbocycles. The number of anilines is 1. The minimum atomic E-state index is -0.251. The Kier molecular flexibility index (Phi) is 5.16. The van der Waals surface area contributed by atoms with E-state index in [-0.39, 0.29) is 12.5 Å². The van der Waals surface area contributed by atoms with Crippen LogP contribution in [0.25, 0.3) is 22.6 Å². The highest BCUT2D eigenvalue weighted by Gasteiger charge is 2.14. The van der Waals surface area contributed by atoms with Crippen LogP contribution >= 0.6 is 0 Å². The Morgan fingerprint density at radius 1 is 1.00 bits per heavy atom. The molecule has 4 aromatic rings. The van der Waals surface area contributed by atoms with Gasteiger partial charge in [-0.25, -0.2) is 4.98 Å². The van der Waals surface area contributed by atoms with Crippen LogP contribution in [0.5, 0.6) is 11.5 Å². The summed E-state index contributed by atoms with van der Waals surface area (Å²) in [5.41, 5.74) is 3.91. The van der Waals surface area contributed by atoms with Crippen LogP contribution in [0.4, 0.5) is 5.69 Å². The van der Waals surface area contributed by atoms with Gasteiger partial charge in [0.2, 0.25) is 5.89 Å². The summed E-state index contributed by atoms with van der Waals surface area (Å²) < 4.78 is 16.5. The summed E-state index contributed by atoms with van der Waals surface area (Å²) in [7, 11) is 1.60. The molecular weight excluding hydrogens is 368 g/mol. The summed E-state index contributed by atoms with van der Waals surface area (Å²) in [6.45, 7) is 1.82. The molecule has 0 aliphatic heterocycles. The molecule has 146 valence electrons. The molecule has 1 heterocycles. The number of fused-ring (bicyclic) bond motifs is 1. The predicted octanol–water partition coefficient (Wildman–Crippen LogP) is 4.83. The van der Waals surface area contributed by atoms with E-state index in [4.69, 9.17) is 13.9 Å². The Hall–Kier alpha value is -3.80. The fraction of sp³-hybridized carbons (Fsp3) is 0.130. The number of hydrogen-bond donors (Lipinski definition) is 1. The fourth-order valence-corrected chi connectivity index (χ4v) is 3.00. The highest BCUT2D eigenvalue weighted by atomic mass is 16.5. The standard InChI is InChI=1S/C23H20N2O4/c1-15-18(23-25-20-7-3-4-9-21(20)29-23)6-5-8-19(15)24-22(26)14-28-17-12-10-16(27-2)11-13-17/h3-13H,14H2,1-2H3,(H,24,26). The van der Waals surface area contributed by atoms with Gasteiger partial charge in [-0.3, -0.25) is 4.79 Å². The number of carbonyl (C=O) groups excluding carboxylic acids is 1. The topological polar surface area (TPSA) is 73.6 Å². The monoisotopic (exact) mass is 388 g/mol. The maximum Gasteiger partial charge on any atom is 0.262 e. The van der Waals surface area contributed by atoms with Crippen LogP contribution < -0.4 is 14.8 Å². The zero-order chi connectivity index (χ0) is 20.2. The number of aromatic nitrogens is 1. The molecule has 6 heteroatoms. The number of ether oxygens (including phenoxy) is 2. The summed E-state index contributed by atoms with van der Waals surface area (Å²) in [5.74, 6) is 1.60. The zero-order valence-electron chi connectivity index (χ0n) is 16.1. The third-order valence-corrected chi connectivity index (χ3v) is 4.56. The summed E-state index contributed by atoms with van der Waals surface area (Å²) in [6.07, 6.45) is 0. The molecule has 0 spiro atoms. The molecule has 0 atom stereocenters. The van der Waals surface area contributed by atoms with Gasteiger partial charge in [-0.05, 0) is 61.0 Å². The Morgan fingerprint density at radius 3 is 2.52 bits per heavy atom. The first-order chi connectivity index (χ1) is 14.1. The largest absolute Gasteiger partial charge is 0.497 e. The summed E-state index contributed by atoms with van der Waals surface area (Å²) in [4.78, 5) is 16.9. The Labute approximate surface area is 168 Å². The first-order valence-corrected chi connectivity index (χ1v) is 9.16. The highest BCUT2D eigenvalue weighted by Crippen LogP contribution is 2.30. The quantitative estimate of drug-likeness (QED) is 0.512. The number of hydrogen-bond acceptors (Lipinski definition) is 5. The van der Waals surface area contributed by atoms with E-state index in [1.165, 1.54) is 0 Å². The second-order valence-corrected chi connectivity index (χ2v) is 6.48. The second-order valence-electron chi connectivity index (χ2n) is 6.48. The van der Waals surface area contributed by atoms with E-state index in [0.29, 0.717) is 17.3 Å². The lowest BCUT2D eigenvalue weighted by atomic mass is 10.1. The number of carbonyl (C=O) groups is 1. The van der Waals surface area contributed by atoms with Crippen molar-refractivity contribution in [3.05, 3.63) is 72.3 Å². The van der Waals surface area contributed by atoms with Crippen LogP contribution in [0.1, 0.15) is 5.56 Å². The molecule has 6 nitrogen and oxygen atoms in total. The van der Waals surface area contributed by atoms with Crippen LogP contribution in [-0.4, -0.2) is 24.6 Å². The van der Waals surface area contributed by atoms with E-state index in [2.05, 4.69) is 10.3 Å². The van der Waals surface area contributed by atoms with Crippen LogP contribution in [0.3, 0.4) is 0 Å². The molecule has 0 saturated heterocycles. The van der Waals surface area contributed by atoms with E-state index >= 15 is 0 Å². The van der Waals surface area contributed by atoms with Crippen molar-refractivity contribution in [1.29, 1.82) is 0 Å². The van der Waals surface area contributed by atoms with Crippen molar-refractivity contribution < 1.29 is 18.7 Å².